The topological polar surface area (TPSA) is 185 Å². The summed E-state index contributed by atoms with van der Waals surface area (Å²) in [6, 6.07) is 3.77. The number of Topliss-reactive ketones (excluding diaryl/α,β-unsaturated/α-hetero) is 1. The number of pyridine rings is 1. The van der Waals surface area contributed by atoms with Crippen LogP contribution in [0.1, 0.15) is 48.7 Å². The Hall–Kier alpha value is -4.20. The lowest BCUT2D eigenvalue weighted by molar-refractivity contribution is -0.147. The Labute approximate surface area is 236 Å². The predicted molar refractivity (Wildman–Crippen MR) is 150 cm³/mol. The van der Waals surface area contributed by atoms with Gasteiger partial charge in [0.15, 0.2) is 11.4 Å². The Kier molecular flexibility index (Phi) is 7.84. The molecule has 0 bridgehead atoms. The van der Waals surface area contributed by atoms with E-state index in [1.54, 1.807) is 28.2 Å². The molecule has 5 N–H and O–H groups in total. The molecule has 0 spiro atoms. The summed E-state index contributed by atoms with van der Waals surface area (Å²) < 4.78 is 3.12. The van der Waals surface area contributed by atoms with Crippen molar-refractivity contribution in [2.45, 2.75) is 39.2 Å². The molecule has 5 heterocycles. The lowest BCUT2D eigenvalue weighted by Gasteiger charge is -2.37. The van der Waals surface area contributed by atoms with E-state index in [2.05, 4.69) is 15.2 Å². The molecule has 0 unspecified atom stereocenters. The van der Waals surface area contributed by atoms with Crippen LogP contribution in [-0.2, 0) is 11.3 Å². The molecular weight excluding hydrogens is 528 g/mol. The molecule has 1 aliphatic heterocycles. The van der Waals surface area contributed by atoms with Crippen LogP contribution in [0.5, 0.6) is 0 Å². The Balaban J connectivity index is 1.45. The average molecular weight is 563 g/mol. The van der Waals surface area contributed by atoms with Gasteiger partial charge in [-0.1, -0.05) is 6.07 Å². The number of nitrogens with zero attached hydrogens (tertiary/aromatic N) is 7. The number of anilines is 1. The van der Waals surface area contributed by atoms with Crippen molar-refractivity contribution in [2.24, 2.45) is 5.41 Å². The summed E-state index contributed by atoms with van der Waals surface area (Å²) in [6.45, 7) is 3.29. The number of carbonyl (C=O) groups excluding carboxylic acids is 2. The first-order chi connectivity index (χ1) is 19.7. The second-order valence-corrected chi connectivity index (χ2v) is 10.7. The maximum Gasteiger partial charge on any atom is 0.233 e. The van der Waals surface area contributed by atoms with Gasteiger partial charge in [-0.05, 0) is 32.8 Å². The fraction of sp³-hybridized carbons (Fsp3) is 0.429. The zero-order chi connectivity index (χ0) is 29.3. The fourth-order valence-corrected chi connectivity index (χ4v) is 5.26. The molecular formula is C28H34N8O5. The lowest BCUT2D eigenvalue weighted by atomic mass is 9.86. The van der Waals surface area contributed by atoms with E-state index >= 15 is 0 Å². The summed E-state index contributed by atoms with van der Waals surface area (Å²) in [5.41, 5.74) is 9.67. The summed E-state index contributed by atoms with van der Waals surface area (Å²) in [5, 5.41) is 37.1. The van der Waals surface area contributed by atoms with Crippen LogP contribution in [0.2, 0.25) is 0 Å². The van der Waals surface area contributed by atoms with Crippen LogP contribution < -0.4 is 5.73 Å². The second kappa shape index (κ2) is 11.4. The summed E-state index contributed by atoms with van der Waals surface area (Å²) in [4.78, 5) is 36.8. The van der Waals surface area contributed by atoms with Gasteiger partial charge < -0.3 is 26.0 Å². The third kappa shape index (κ3) is 5.19. The van der Waals surface area contributed by atoms with Gasteiger partial charge in [-0.15, -0.1) is 0 Å². The first kappa shape index (κ1) is 28.3. The van der Waals surface area contributed by atoms with Gasteiger partial charge in [-0.25, -0.2) is 4.98 Å². The van der Waals surface area contributed by atoms with Crippen LogP contribution in [0, 0.1) is 5.41 Å². The number of ketones is 1. The molecule has 1 saturated heterocycles. The van der Waals surface area contributed by atoms with E-state index in [-0.39, 0.29) is 30.0 Å². The molecule has 0 radical (unpaired) electrons. The van der Waals surface area contributed by atoms with Crippen molar-refractivity contribution in [1.29, 1.82) is 0 Å². The number of hydrogen-bond donors (Lipinski definition) is 4. The fourth-order valence-electron chi connectivity index (χ4n) is 5.26. The van der Waals surface area contributed by atoms with Crippen molar-refractivity contribution < 1.29 is 24.9 Å². The standard InChI is InChI=1S/C28H34N8O5/c1-17(40)23-24(18-5-7-34(8-6-18)27(41)28(2,15-38)16-39)33-26-21(13-32-36(26)25(23)29)19-3-4-22(30-11-19)20-12-31-35(14-20)9-10-37/h3-4,11-14,18,37-39H,5-10,15-16,29H2,1-2H3. The Morgan fingerprint density at radius 1 is 1.05 bits per heavy atom. The van der Waals surface area contributed by atoms with Crippen LogP contribution in [0.4, 0.5) is 5.82 Å². The molecule has 4 aromatic rings. The molecule has 4 aromatic heterocycles. The number of aromatic nitrogens is 6. The van der Waals surface area contributed by atoms with Gasteiger partial charge in [0.05, 0.1) is 61.1 Å². The third-order valence-electron chi connectivity index (χ3n) is 7.78. The minimum Gasteiger partial charge on any atom is -0.395 e. The van der Waals surface area contributed by atoms with Gasteiger partial charge in [-0.3, -0.25) is 19.3 Å². The molecule has 1 fully saturated rings. The number of rotatable bonds is 9. The maximum atomic E-state index is 12.9. The average Bonchev–Trinajstić information content (AvgIpc) is 3.64. The predicted octanol–water partition coefficient (Wildman–Crippen LogP) is 1.13. The second-order valence-electron chi connectivity index (χ2n) is 10.7. The van der Waals surface area contributed by atoms with Gasteiger partial charge in [0.25, 0.3) is 0 Å². The minimum atomic E-state index is -1.24. The third-order valence-corrected chi connectivity index (χ3v) is 7.78. The van der Waals surface area contributed by atoms with Gasteiger partial charge in [-0.2, -0.15) is 14.7 Å². The lowest BCUT2D eigenvalue weighted by Crippen LogP contribution is -2.49. The number of fused-ring (bicyclic) bond motifs is 1. The first-order valence-electron chi connectivity index (χ1n) is 13.5. The van der Waals surface area contributed by atoms with Crippen molar-refractivity contribution in [1.82, 2.24) is 34.3 Å². The van der Waals surface area contributed by atoms with Crippen LogP contribution in [-0.4, -0.2) is 94.2 Å². The Morgan fingerprint density at radius 2 is 1.78 bits per heavy atom. The van der Waals surface area contributed by atoms with Crippen LogP contribution >= 0.6 is 0 Å². The number of amides is 1. The van der Waals surface area contributed by atoms with Gasteiger partial charge in [0, 0.05) is 48.1 Å². The SMILES string of the molecule is CC(=O)c1c(C2CCN(C(=O)C(C)(CO)CO)CC2)nc2c(-c3ccc(-c4cnn(CCO)c4)nc3)cnn2c1N. The number of nitrogen functional groups attached to an aromatic ring is 1. The highest BCUT2D eigenvalue weighted by atomic mass is 16.3. The summed E-state index contributed by atoms with van der Waals surface area (Å²) >= 11 is 0. The number of likely N-dealkylation sites (tertiary alicyclic amines) is 1. The molecule has 0 saturated carbocycles. The molecule has 13 heteroatoms. The highest BCUT2D eigenvalue weighted by Gasteiger charge is 2.38. The smallest absolute Gasteiger partial charge is 0.233 e. The van der Waals surface area contributed by atoms with Crippen molar-refractivity contribution in [3.63, 3.8) is 0 Å². The zero-order valence-corrected chi connectivity index (χ0v) is 23.1. The van der Waals surface area contributed by atoms with Gasteiger partial charge >= 0.3 is 0 Å². The molecule has 41 heavy (non-hydrogen) atoms. The number of aliphatic hydroxyl groups excluding tert-OH is 3. The molecule has 0 atom stereocenters. The number of carbonyl (C=O) groups is 2. The normalized spacial score (nSPS) is 14.6. The molecule has 0 aromatic carbocycles. The highest BCUT2D eigenvalue weighted by Crippen LogP contribution is 2.35. The van der Waals surface area contributed by atoms with E-state index in [0.29, 0.717) is 54.9 Å². The Morgan fingerprint density at radius 3 is 2.39 bits per heavy atom. The summed E-state index contributed by atoms with van der Waals surface area (Å²) in [6.07, 6.45) is 7.97. The van der Waals surface area contributed by atoms with Crippen molar-refractivity contribution >= 4 is 23.2 Å². The van der Waals surface area contributed by atoms with Gasteiger partial charge in [0.2, 0.25) is 5.91 Å². The molecule has 216 valence electrons. The monoisotopic (exact) mass is 562 g/mol. The molecule has 1 amide bonds. The number of piperidine rings is 1. The maximum absolute atomic E-state index is 12.9. The van der Waals surface area contributed by atoms with Gasteiger partial charge in [0.1, 0.15) is 5.82 Å². The molecule has 1 aliphatic rings. The highest BCUT2D eigenvalue weighted by molar-refractivity contribution is 6.00. The summed E-state index contributed by atoms with van der Waals surface area (Å²) in [5.74, 6) is -0.441. The molecule has 13 nitrogen and oxygen atoms in total. The number of aliphatic hydroxyl groups is 3. The van der Waals surface area contributed by atoms with Crippen molar-refractivity contribution in [3.8, 4) is 22.4 Å². The first-order valence-corrected chi connectivity index (χ1v) is 13.5. The van der Waals surface area contributed by atoms with Crippen LogP contribution in [0.25, 0.3) is 28.0 Å². The Bertz CT molecular complexity index is 1570. The molecule has 0 aliphatic carbocycles. The number of hydrogen-bond acceptors (Lipinski definition) is 10. The quantitative estimate of drug-likeness (QED) is 0.216. The van der Waals surface area contributed by atoms with E-state index < -0.39 is 18.6 Å². The largest absolute Gasteiger partial charge is 0.395 e. The zero-order valence-electron chi connectivity index (χ0n) is 23.1. The van der Waals surface area contributed by atoms with Crippen LogP contribution in [0.3, 0.4) is 0 Å². The van der Waals surface area contributed by atoms with Crippen molar-refractivity contribution in [3.05, 3.63) is 48.2 Å². The van der Waals surface area contributed by atoms with Crippen molar-refractivity contribution in [2.75, 3.05) is 38.6 Å². The van der Waals surface area contributed by atoms with Crippen LogP contribution in [0.15, 0.2) is 36.9 Å². The van der Waals surface area contributed by atoms with E-state index in [9.17, 15) is 19.8 Å². The van der Waals surface area contributed by atoms with E-state index in [1.165, 1.54) is 18.4 Å². The minimum absolute atomic E-state index is 0.00418. The molecule has 5 rings (SSSR count). The van der Waals surface area contributed by atoms with E-state index in [1.807, 2.05) is 18.3 Å². The van der Waals surface area contributed by atoms with E-state index in [0.717, 1.165) is 16.8 Å². The van der Waals surface area contributed by atoms with E-state index in [4.69, 9.17) is 15.8 Å². The summed E-state index contributed by atoms with van der Waals surface area (Å²) in [7, 11) is 0. The number of nitrogens with two attached hydrogens (primary N) is 1.